The lowest BCUT2D eigenvalue weighted by molar-refractivity contribution is 0.544. The van der Waals surface area contributed by atoms with E-state index in [9.17, 15) is 0 Å². The maximum atomic E-state index is 4.81. The number of fused-ring (bicyclic) bond motifs is 1. The number of rotatable bonds is 9. The third-order valence-corrected chi connectivity index (χ3v) is 3.68. The van der Waals surface area contributed by atoms with Crippen molar-refractivity contribution in [2.45, 2.75) is 59.0 Å². The fourth-order valence-electron chi connectivity index (χ4n) is 2.57. The molecule has 0 aliphatic carbocycles. The van der Waals surface area contributed by atoms with Crippen molar-refractivity contribution in [1.82, 2.24) is 15.1 Å². The molecule has 1 aromatic carbocycles. The van der Waals surface area contributed by atoms with Gasteiger partial charge in [-0.05, 0) is 25.5 Å². The Kier molecular flexibility index (Phi) is 6.06. The Labute approximate surface area is 122 Å². The highest BCUT2D eigenvalue weighted by atomic mass is 15.3. The van der Waals surface area contributed by atoms with Crippen molar-refractivity contribution in [2.75, 3.05) is 6.54 Å². The van der Waals surface area contributed by atoms with Gasteiger partial charge in [0.1, 0.15) is 0 Å². The molecule has 1 N–H and O–H groups in total. The van der Waals surface area contributed by atoms with E-state index in [0.29, 0.717) is 0 Å². The Bertz CT molecular complexity index is 516. The molecule has 110 valence electrons. The molecule has 1 aromatic heterocycles. The van der Waals surface area contributed by atoms with Crippen molar-refractivity contribution in [3.8, 4) is 0 Å². The first-order chi connectivity index (χ1) is 9.86. The molecular formula is C17H27N3. The first-order valence-corrected chi connectivity index (χ1v) is 8.02. The number of hydrogen-bond donors (Lipinski definition) is 1. The number of aryl methyl sites for hydroxylation is 1. The van der Waals surface area contributed by atoms with Crippen molar-refractivity contribution < 1.29 is 0 Å². The van der Waals surface area contributed by atoms with Crippen LogP contribution in [0.2, 0.25) is 0 Å². The van der Waals surface area contributed by atoms with Gasteiger partial charge in [0.25, 0.3) is 0 Å². The zero-order valence-corrected chi connectivity index (χ0v) is 12.9. The molecule has 0 bridgehead atoms. The van der Waals surface area contributed by atoms with Gasteiger partial charge in [0, 0.05) is 18.5 Å². The molecule has 0 aliphatic rings. The molecule has 1 heterocycles. The number of hydrogen-bond acceptors (Lipinski definition) is 2. The Morgan fingerprint density at radius 2 is 1.90 bits per heavy atom. The maximum Gasteiger partial charge on any atom is 0.0841 e. The van der Waals surface area contributed by atoms with Gasteiger partial charge in [-0.1, -0.05) is 51.3 Å². The second-order valence-corrected chi connectivity index (χ2v) is 5.42. The van der Waals surface area contributed by atoms with Gasteiger partial charge >= 0.3 is 0 Å². The summed E-state index contributed by atoms with van der Waals surface area (Å²) in [5, 5.41) is 9.57. The van der Waals surface area contributed by atoms with Crippen molar-refractivity contribution >= 4 is 10.9 Å². The van der Waals surface area contributed by atoms with Gasteiger partial charge in [0.05, 0.1) is 11.2 Å². The molecule has 20 heavy (non-hydrogen) atoms. The molecule has 2 aromatic rings. The Balaban J connectivity index is 2.09. The summed E-state index contributed by atoms with van der Waals surface area (Å²) in [7, 11) is 0. The van der Waals surface area contributed by atoms with Crippen molar-refractivity contribution in [3.05, 3.63) is 30.0 Å². The Morgan fingerprint density at radius 3 is 2.70 bits per heavy atom. The molecular weight excluding hydrogens is 246 g/mol. The zero-order chi connectivity index (χ0) is 14.2. The molecule has 0 amide bonds. The van der Waals surface area contributed by atoms with Crippen LogP contribution >= 0.6 is 0 Å². The lowest BCUT2D eigenvalue weighted by Crippen LogP contribution is -2.14. The van der Waals surface area contributed by atoms with Crippen LogP contribution in [0.3, 0.4) is 0 Å². The summed E-state index contributed by atoms with van der Waals surface area (Å²) in [6, 6.07) is 8.59. The summed E-state index contributed by atoms with van der Waals surface area (Å²) >= 11 is 0. The minimum absolute atomic E-state index is 0.871. The highest BCUT2D eigenvalue weighted by molar-refractivity contribution is 5.81. The molecule has 3 nitrogen and oxygen atoms in total. The number of unbranched alkanes of at least 4 members (excludes halogenated alkanes) is 3. The van der Waals surface area contributed by atoms with Crippen LogP contribution in [-0.4, -0.2) is 16.3 Å². The molecule has 0 saturated heterocycles. The summed E-state index contributed by atoms with van der Waals surface area (Å²) in [6.07, 6.45) is 6.29. The lowest BCUT2D eigenvalue weighted by atomic mass is 10.2. The van der Waals surface area contributed by atoms with E-state index >= 15 is 0 Å². The number of aromatic nitrogens is 2. The standard InChI is InChI=1S/C17H27N3/c1-3-5-6-9-13-20-17-11-8-7-10-15(17)16(19-20)14-18-12-4-2/h7-8,10-11,18H,3-6,9,12-14H2,1-2H3. The molecule has 0 atom stereocenters. The van der Waals surface area contributed by atoms with Crippen molar-refractivity contribution in [1.29, 1.82) is 0 Å². The highest BCUT2D eigenvalue weighted by Crippen LogP contribution is 2.19. The monoisotopic (exact) mass is 273 g/mol. The van der Waals surface area contributed by atoms with Crippen molar-refractivity contribution in [3.63, 3.8) is 0 Å². The van der Waals surface area contributed by atoms with Gasteiger partial charge in [-0.3, -0.25) is 4.68 Å². The van der Waals surface area contributed by atoms with E-state index in [1.54, 1.807) is 0 Å². The van der Waals surface area contributed by atoms with Gasteiger partial charge < -0.3 is 5.32 Å². The van der Waals surface area contributed by atoms with Gasteiger partial charge in [-0.25, -0.2) is 0 Å². The van der Waals surface area contributed by atoms with E-state index in [0.717, 1.165) is 26.1 Å². The van der Waals surface area contributed by atoms with Crippen LogP contribution < -0.4 is 5.32 Å². The normalized spacial score (nSPS) is 11.3. The summed E-state index contributed by atoms with van der Waals surface area (Å²) < 4.78 is 2.19. The summed E-state index contributed by atoms with van der Waals surface area (Å²) in [5.41, 5.74) is 2.46. The van der Waals surface area contributed by atoms with Crippen LogP contribution in [0, 0.1) is 0 Å². The summed E-state index contributed by atoms with van der Waals surface area (Å²) in [6.45, 7) is 7.40. The Hall–Kier alpha value is -1.35. The topological polar surface area (TPSA) is 29.9 Å². The minimum Gasteiger partial charge on any atom is -0.311 e. The molecule has 2 rings (SSSR count). The number of nitrogens with zero attached hydrogens (tertiary/aromatic N) is 2. The second kappa shape index (κ2) is 8.05. The summed E-state index contributed by atoms with van der Waals surface area (Å²) in [4.78, 5) is 0. The third-order valence-electron chi connectivity index (χ3n) is 3.68. The molecule has 0 unspecified atom stereocenters. The van der Waals surface area contributed by atoms with Crippen LogP contribution in [0.4, 0.5) is 0 Å². The van der Waals surface area contributed by atoms with Gasteiger partial charge in [-0.15, -0.1) is 0 Å². The maximum absolute atomic E-state index is 4.81. The largest absolute Gasteiger partial charge is 0.311 e. The Morgan fingerprint density at radius 1 is 1.05 bits per heavy atom. The molecule has 0 radical (unpaired) electrons. The lowest BCUT2D eigenvalue weighted by Gasteiger charge is -2.03. The van der Waals surface area contributed by atoms with Crippen LogP contribution in [0.25, 0.3) is 10.9 Å². The van der Waals surface area contributed by atoms with E-state index in [4.69, 9.17) is 5.10 Å². The fraction of sp³-hybridized carbons (Fsp3) is 0.588. The molecule has 0 saturated carbocycles. The van der Waals surface area contributed by atoms with Gasteiger partial charge in [-0.2, -0.15) is 5.10 Å². The SMILES string of the molecule is CCCCCCn1nc(CNCCC)c2ccccc21. The molecule has 3 heteroatoms. The predicted octanol–water partition coefficient (Wildman–Crippen LogP) is 4.12. The quantitative estimate of drug-likeness (QED) is 0.697. The number of benzene rings is 1. The van der Waals surface area contributed by atoms with E-state index in [-0.39, 0.29) is 0 Å². The van der Waals surface area contributed by atoms with Crippen LogP contribution in [0.1, 0.15) is 51.6 Å². The predicted molar refractivity (Wildman–Crippen MR) is 85.9 cm³/mol. The zero-order valence-electron chi connectivity index (χ0n) is 12.9. The molecule has 0 fully saturated rings. The second-order valence-electron chi connectivity index (χ2n) is 5.42. The number of nitrogens with one attached hydrogen (secondary N) is 1. The van der Waals surface area contributed by atoms with Crippen LogP contribution in [-0.2, 0) is 13.1 Å². The molecule has 0 aliphatic heterocycles. The smallest absolute Gasteiger partial charge is 0.0841 e. The van der Waals surface area contributed by atoms with Crippen LogP contribution in [0.5, 0.6) is 0 Å². The first-order valence-electron chi connectivity index (χ1n) is 8.02. The van der Waals surface area contributed by atoms with Crippen molar-refractivity contribution in [2.24, 2.45) is 0 Å². The average molecular weight is 273 g/mol. The highest BCUT2D eigenvalue weighted by Gasteiger charge is 2.09. The fourth-order valence-corrected chi connectivity index (χ4v) is 2.57. The van der Waals surface area contributed by atoms with Gasteiger partial charge in [0.2, 0.25) is 0 Å². The van der Waals surface area contributed by atoms with Gasteiger partial charge in [0.15, 0.2) is 0 Å². The minimum atomic E-state index is 0.871. The first kappa shape index (κ1) is 15.0. The number of para-hydroxylation sites is 1. The van der Waals surface area contributed by atoms with E-state index in [1.165, 1.54) is 42.3 Å². The van der Waals surface area contributed by atoms with Crippen LogP contribution in [0.15, 0.2) is 24.3 Å². The van der Waals surface area contributed by atoms with E-state index in [1.807, 2.05) is 0 Å². The third kappa shape index (κ3) is 3.83. The van der Waals surface area contributed by atoms with E-state index in [2.05, 4.69) is 48.1 Å². The molecule has 0 spiro atoms. The van der Waals surface area contributed by atoms with E-state index < -0.39 is 0 Å². The average Bonchev–Trinajstić information content (AvgIpc) is 2.83. The summed E-state index contributed by atoms with van der Waals surface area (Å²) in [5.74, 6) is 0.